The molecule has 1 aliphatic rings. The van der Waals surface area contributed by atoms with Gasteiger partial charge in [0.05, 0.1) is 35.2 Å². The number of alkyl halides is 3. The van der Waals surface area contributed by atoms with Gasteiger partial charge in [0.15, 0.2) is 0 Å². The normalized spacial score (nSPS) is 16.2. The van der Waals surface area contributed by atoms with E-state index in [2.05, 4.69) is 0 Å². The molecule has 1 heterocycles. The molecule has 0 aromatic heterocycles. The van der Waals surface area contributed by atoms with Crippen molar-refractivity contribution in [3.05, 3.63) is 58.7 Å². The molecule has 2 aromatic carbocycles. The summed E-state index contributed by atoms with van der Waals surface area (Å²) in [5, 5.41) is 0. The third-order valence-corrected chi connectivity index (χ3v) is 5.54. The van der Waals surface area contributed by atoms with Crippen molar-refractivity contribution in [1.29, 1.82) is 0 Å². The van der Waals surface area contributed by atoms with E-state index >= 15 is 0 Å². The monoisotopic (exact) mass is 434 g/mol. The van der Waals surface area contributed by atoms with Gasteiger partial charge in [0.2, 0.25) is 0 Å². The molecule has 0 bridgehead atoms. The number of nitrogens with zero attached hydrogens (tertiary/aromatic N) is 2. The summed E-state index contributed by atoms with van der Waals surface area (Å²) in [4.78, 5) is 28.9. The fourth-order valence-electron chi connectivity index (χ4n) is 3.79. The second kappa shape index (κ2) is 8.61. The van der Waals surface area contributed by atoms with E-state index in [-0.39, 0.29) is 13.2 Å². The van der Waals surface area contributed by atoms with Crippen molar-refractivity contribution in [2.75, 3.05) is 23.0 Å². The summed E-state index contributed by atoms with van der Waals surface area (Å²) >= 11 is 0. The molecule has 0 saturated heterocycles. The molecule has 0 spiro atoms. The van der Waals surface area contributed by atoms with Gasteiger partial charge in [-0.15, -0.1) is 0 Å². The van der Waals surface area contributed by atoms with Crippen LogP contribution >= 0.6 is 0 Å². The Labute approximate surface area is 179 Å². The van der Waals surface area contributed by atoms with Crippen LogP contribution in [0.4, 0.5) is 29.3 Å². The summed E-state index contributed by atoms with van der Waals surface area (Å²) in [6.07, 6.45) is -4.70. The topological polar surface area (TPSA) is 49.9 Å². The molecule has 1 aliphatic heterocycles. The summed E-state index contributed by atoms with van der Waals surface area (Å²) in [7, 11) is 0. The lowest BCUT2D eigenvalue weighted by Gasteiger charge is -2.42. The van der Waals surface area contributed by atoms with Gasteiger partial charge in [-0.05, 0) is 62.6 Å². The lowest BCUT2D eigenvalue weighted by molar-refractivity contribution is -0.137. The van der Waals surface area contributed by atoms with Gasteiger partial charge in [-0.25, -0.2) is 4.79 Å². The molecule has 5 nitrogen and oxygen atoms in total. The van der Waals surface area contributed by atoms with Crippen LogP contribution in [0.3, 0.4) is 0 Å². The van der Waals surface area contributed by atoms with Gasteiger partial charge in [-0.2, -0.15) is 13.2 Å². The van der Waals surface area contributed by atoms with Crippen molar-refractivity contribution in [2.45, 2.75) is 46.3 Å². The van der Waals surface area contributed by atoms with Crippen LogP contribution in [0.25, 0.3) is 0 Å². The Morgan fingerprint density at radius 3 is 2.26 bits per heavy atom. The van der Waals surface area contributed by atoms with Crippen LogP contribution in [0.2, 0.25) is 0 Å². The molecular weight excluding hydrogens is 409 g/mol. The first-order valence-electron chi connectivity index (χ1n) is 10.1. The Hall–Kier alpha value is -3.03. The van der Waals surface area contributed by atoms with Crippen LogP contribution < -0.4 is 9.80 Å². The van der Waals surface area contributed by atoms with E-state index in [1.807, 2.05) is 20.8 Å². The summed E-state index contributed by atoms with van der Waals surface area (Å²) in [6.45, 7) is 7.54. The predicted octanol–water partition coefficient (Wildman–Crippen LogP) is 5.72. The van der Waals surface area contributed by atoms with E-state index < -0.39 is 35.3 Å². The lowest BCUT2D eigenvalue weighted by Crippen LogP contribution is -2.53. The van der Waals surface area contributed by atoms with Gasteiger partial charge in [-0.3, -0.25) is 9.69 Å². The van der Waals surface area contributed by atoms with Crippen molar-refractivity contribution >= 4 is 23.4 Å². The number of aryl methyl sites for hydroxylation is 2. The second-order valence-electron chi connectivity index (χ2n) is 7.52. The van der Waals surface area contributed by atoms with E-state index in [1.54, 1.807) is 19.1 Å². The van der Waals surface area contributed by atoms with Crippen LogP contribution in [0.15, 0.2) is 36.4 Å². The van der Waals surface area contributed by atoms with Crippen LogP contribution in [-0.4, -0.2) is 31.2 Å². The number of carbonyl (C=O) groups is 2. The molecule has 3 rings (SSSR count). The molecule has 0 radical (unpaired) electrons. The average Bonchev–Trinajstić information content (AvgIpc) is 2.72. The number of halogens is 3. The van der Waals surface area contributed by atoms with E-state index in [9.17, 15) is 22.8 Å². The molecule has 1 atom stereocenters. The molecule has 0 aliphatic carbocycles. The third-order valence-electron chi connectivity index (χ3n) is 5.54. The quantitative estimate of drug-likeness (QED) is 0.621. The summed E-state index contributed by atoms with van der Waals surface area (Å²) in [5.41, 5.74) is 1.21. The Morgan fingerprint density at radius 2 is 1.68 bits per heavy atom. The van der Waals surface area contributed by atoms with Gasteiger partial charge < -0.3 is 9.64 Å². The number of fused-ring (bicyclic) bond motifs is 1. The van der Waals surface area contributed by atoms with Crippen molar-refractivity contribution < 1.29 is 27.5 Å². The number of benzene rings is 2. The van der Waals surface area contributed by atoms with Gasteiger partial charge in [0.1, 0.15) is 0 Å². The van der Waals surface area contributed by atoms with Crippen LogP contribution in [0, 0.1) is 13.8 Å². The van der Waals surface area contributed by atoms with Gasteiger partial charge in [0, 0.05) is 6.54 Å². The number of anilines is 2. The third kappa shape index (κ3) is 4.24. The van der Waals surface area contributed by atoms with Crippen molar-refractivity contribution in [3.63, 3.8) is 0 Å². The first-order valence-corrected chi connectivity index (χ1v) is 10.1. The van der Waals surface area contributed by atoms with Crippen LogP contribution in [0.5, 0.6) is 0 Å². The molecule has 2 aromatic rings. The molecule has 31 heavy (non-hydrogen) atoms. The highest BCUT2D eigenvalue weighted by molar-refractivity contribution is 6.11. The van der Waals surface area contributed by atoms with E-state index in [4.69, 9.17) is 4.74 Å². The van der Waals surface area contributed by atoms with Gasteiger partial charge >= 0.3 is 12.3 Å². The lowest BCUT2D eigenvalue weighted by atomic mass is 9.98. The first-order chi connectivity index (χ1) is 14.6. The summed E-state index contributed by atoms with van der Waals surface area (Å²) < 4.78 is 45.9. The van der Waals surface area contributed by atoms with Crippen molar-refractivity contribution in [3.8, 4) is 0 Å². The van der Waals surface area contributed by atoms with Crippen molar-refractivity contribution in [1.82, 2.24) is 0 Å². The molecular formula is C23H25F3N2O3. The fourth-order valence-corrected chi connectivity index (χ4v) is 3.79. The number of carbonyl (C=O) groups excluding carboxylic acids is 2. The molecule has 0 N–H and O–H groups in total. The van der Waals surface area contributed by atoms with E-state index in [1.165, 1.54) is 28.0 Å². The average molecular weight is 434 g/mol. The zero-order chi connectivity index (χ0) is 22.9. The zero-order valence-electron chi connectivity index (χ0n) is 17.9. The molecule has 166 valence electrons. The Kier molecular flexibility index (Phi) is 6.29. The smallest absolute Gasteiger partial charge is 0.417 e. The highest BCUT2D eigenvalue weighted by Crippen LogP contribution is 2.41. The Bertz CT molecular complexity index is 1000. The largest absolute Gasteiger partial charge is 0.449 e. The highest BCUT2D eigenvalue weighted by atomic mass is 19.4. The first kappa shape index (κ1) is 22.7. The SMILES string of the molecule is CCOC(=O)N1c2cc(C)c(C)cc2N(C(=O)c2ccccc2C(F)(F)F)CC1CC. The Balaban J connectivity index is 2.17. The van der Waals surface area contributed by atoms with Crippen LogP contribution in [-0.2, 0) is 10.9 Å². The molecule has 2 amide bonds. The minimum absolute atomic E-state index is 0.0653. The van der Waals surface area contributed by atoms with Gasteiger partial charge in [-0.1, -0.05) is 19.1 Å². The molecule has 0 saturated carbocycles. The number of hydrogen-bond donors (Lipinski definition) is 0. The number of amides is 2. The predicted molar refractivity (Wildman–Crippen MR) is 113 cm³/mol. The van der Waals surface area contributed by atoms with E-state index in [0.29, 0.717) is 17.8 Å². The number of rotatable bonds is 3. The second-order valence-corrected chi connectivity index (χ2v) is 7.52. The Morgan fingerprint density at radius 1 is 1.06 bits per heavy atom. The summed E-state index contributed by atoms with van der Waals surface area (Å²) in [5.74, 6) is -0.751. The molecule has 8 heteroatoms. The van der Waals surface area contributed by atoms with E-state index in [0.717, 1.165) is 17.2 Å². The minimum atomic E-state index is -4.66. The highest BCUT2D eigenvalue weighted by Gasteiger charge is 2.40. The molecule has 0 fully saturated rings. The standard InChI is InChI=1S/C23H25F3N2O3/c1-5-16-13-27(21(29)17-9-7-8-10-18(17)23(24,25)26)19-11-14(3)15(4)12-20(19)28(16)22(30)31-6-2/h7-12,16H,5-6,13H2,1-4H3. The minimum Gasteiger partial charge on any atom is -0.449 e. The maximum Gasteiger partial charge on any atom is 0.417 e. The van der Waals surface area contributed by atoms with Crippen molar-refractivity contribution in [2.24, 2.45) is 0 Å². The summed E-state index contributed by atoms with van der Waals surface area (Å²) in [6, 6.07) is 7.84. The molecule has 1 unspecified atom stereocenters. The maximum atomic E-state index is 13.5. The van der Waals surface area contributed by atoms with Gasteiger partial charge in [0.25, 0.3) is 5.91 Å². The number of hydrogen-bond acceptors (Lipinski definition) is 3. The fraction of sp³-hybridized carbons (Fsp3) is 0.391. The number of ether oxygens (including phenoxy) is 1. The maximum absolute atomic E-state index is 13.5. The van der Waals surface area contributed by atoms with Crippen LogP contribution in [0.1, 0.15) is 47.3 Å². The zero-order valence-corrected chi connectivity index (χ0v) is 17.9.